The highest BCUT2D eigenvalue weighted by Crippen LogP contribution is 2.31. The zero-order valence-electron chi connectivity index (χ0n) is 12.3. The van der Waals surface area contributed by atoms with E-state index in [1.165, 1.54) is 18.0 Å². The first-order valence-electron chi connectivity index (χ1n) is 6.76. The molecule has 11 heteroatoms. The Balaban J connectivity index is 2.24. The standard InChI is InChI=1S/C12H15N6O5/c1-9(19)14-4-6-15(7-5-14)16(13)11-3-2-10(17(20)21)8-12(11)18(22)23/h2-3,8,13H,4-7H2,1H3/q+1. The number of amides is 1. The molecular formula is C12H15N6O5+. The van der Waals surface area contributed by atoms with Crippen molar-refractivity contribution in [1.29, 1.82) is 5.53 Å². The van der Waals surface area contributed by atoms with Crippen molar-refractivity contribution in [3.63, 3.8) is 0 Å². The molecule has 23 heavy (non-hydrogen) atoms. The highest BCUT2D eigenvalue weighted by atomic mass is 16.6. The maximum Gasteiger partial charge on any atom is 0.352 e. The number of rotatable bonds is 4. The highest BCUT2D eigenvalue weighted by Gasteiger charge is 2.34. The van der Waals surface area contributed by atoms with Gasteiger partial charge in [-0.15, -0.1) is 0 Å². The van der Waals surface area contributed by atoms with Crippen molar-refractivity contribution in [3.8, 4) is 0 Å². The summed E-state index contributed by atoms with van der Waals surface area (Å²) in [7, 11) is 0. The minimum atomic E-state index is -0.754. The fourth-order valence-corrected chi connectivity index (χ4v) is 2.31. The lowest BCUT2D eigenvalue weighted by atomic mass is 10.2. The number of nitrogens with one attached hydrogen (secondary N) is 1. The van der Waals surface area contributed by atoms with Crippen molar-refractivity contribution in [2.75, 3.05) is 26.2 Å². The van der Waals surface area contributed by atoms with Gasteiger partial charge < -0.3 is 4.90 Å². The van der Waals surface area contributed by atoms with Crippen molar-refractivity contribution < 1.29 is 19.4 Å². The van der Waals surface area contributed by atoms with E-state index in [0.29, 0.717) is 26.2 Å². The number of piperazine rings is 1. The molecule has 1 saturated heterocycles. The maximum absolute atomic E-state index is 11.3. The van der Waals surface area contributed by atoms with Crippen molar-refractivity contribution in [1.82, 2.24) is 9.91 Å². The average molecular weight is 323 g/mol. The monoisotopic (exact) mass is 323 g/mol. The van der Waals surface area contributed by atoms with Gasteiger partial charge in [-0.2, -0.15) is 5.01 Å². The number of hydrogen-bond acceptors (Lipinski definition) is 6. The van der Waals surface area contributed by atoms with Crippen LogP contribution in [-0.4, -0.2) is 56.6 Å². The Morgan fingerprint density at radius 1 is 1.09 bits per heavy atom. The summed E-state index contributed by atoms with van der Waals surface area (Å²) in [6, 6.07) is 3.14. The molecule has 122 valence electrons. The third-order valence-corrected chi connectivity index (χ3v) is 3.58. The Labute approximate surface area is 130 Å². The second kappa shape index (κ2) is 6.34. The summed E-state index contributed by atoms with van der Waals surface area (Å²) < 4.78 is 0. The van der Waals surface area contributed by atoms with E-state index < -0.39 is 21.2 Å². The van der Waals surface area contributed by atoms with Crippen LogP contribution in [0.3, 0.4) is 0 Å². The first kappa shape index (κ1) is 16.3. The van der Waals surface area contributed by atoms with Crippen LogP contribution in [0.1, 0.15) is 6.92 Å². The third-order valence-electron chi connectivity index (χ3n) is 3.58. The molecule has 11 nitrogen and oxygen atoms in total. The summed E-state index contributed by atoms with van der Waals surface area (Å²) in [5.74, 6) is -0.0671. The molecular weight excluding hydrogens is 308 g/mol. The summed E-state index contributed by atoms with van der Waals surface area (Å²) in [5.41, 5.74) is 7.10. The Morgan fingerprint density at radius 3 is 2.17 bits per heavy atom. The smallest absolute Gasteiger partial charge is 0.339 e. The first-order chi connectivity index (χ1) is 10.8. The fraction of sp³-hybridized carbons (Fsp3) is 0.417. The van der Waals surface area contributed by atoms with E-state index in [1.807, 2.05) is 0 Å². The zero-order valence-corrected chi connectivity index (χ0v) is 12.3. The minimum Gasteiger partial charge on any atom is -0.339 e. The number of nitro benzene ring substituents is 2. The van der Waals surface area contributed by atoms with Gasteiger partial charge in [0.2, 0.25) is 5.91 Å². The molecule has 0 aromatic heterocycles. The molecule has 1 amide bonds. The quantitative estimate of drug-likeness (QED) is 0.383. The number of carbonyl (C=O) groups excluding carboxylic acids is 1. The SMILES string of the molecule is CC(=O)N1CCN([N+](=N)c2ccc([N+](=O)[O-])cc2[N+](=O)[O-])CC1. The van der Waals surface area contributed by atoms with Gasteiger partial charge in [-0.3, -0.25) is 25.0 Å². The molecule has 0 atom stereocenters. The lowest BCUT2D eigenvalue weighted by Crippen LogP contribution is -2.50. The van der Waals surface area contributed by atoms with Crippen molar-refractivity contribution in [2.24, 2.45) is 0 Å². The van der Waals surface area contributed by atoms with Gasteiger partial charge in [-0.1, -0.05) is 0 Å². The van der Waals surface area contributed by atoms with Crippen molar-refractivity contribution >= 4 is 23.0 Å². The van der Waals surface area contributed by atoms with Gasteiger partial charge in [-0.05, 0) is 5.53 Å². The topological polar surface area (TPSA) is 137 Å². The lowest BCUT2D eigenvalue weighted by molar-refractivity contribution is -0.701. The van der Waals surface area contributed by atoms with Gasteiger partial charge >= 0.3 is 11.4 Å². The summed E-state index contributed by atoms with van der Waals surface area (Å²) in [6.07, 6.45) is 0. The number of carbonyl (C=O) groups is 1. The van der Waals surface area contributed by atoms with Crippen LogP contribution in [0.5, 0.6) is 0 Å². The van der Waals surface area contributed by atoms with E-state index in [-0.39, 0.29) is 11.6 Å². The predicted molar refractivity (Wildman–Crippen MR) is 76.2 cm³/mol. The van der Waals surface area contributed by atoms with Gasteiger partial charge in [0.25, 0.3) is 5.69 Å². The van der Waals surface area contributed by atoms with Crippen molar-refractivity contribution in [3.05, 3.63) is 38.4 Å². The molecule has 1 N–H and O–H groups in total. The molecule has 0 bridgehead atoms. The molecule has 1 aliphatic heterocycles. The fourth-order valence-electron chi connectivity index (χ4n) is 2.31. The van der Waals surface area contributed by atoms with Gasteiger partial charge in [0, 0.05) is 37.0 Å². The lowest BCUT2D eigenvalue weighted by Gasteiger charge is -2.30. The third kappa shape index (κ3) is 3.39. The van der Waals surface area contributed by atoms with Gasteiger partial charge in [0.1, 0.15) is 6.07 Å². The Bertz CT molecular complexity index is 683. The Morgan fingerprint density at radius 2 is 1.70 bits per heavy atom. The van der Waals surface area contributed by atoms with E-state index >= 15 is 0 Å². The molecule has 1 heterocycles. The summed E-state index contributed by atoms with van der Waals surface area (Å²) >= 11 is 0. The average Bonchev–Trinajstić information content (AvgIpc) is 2.53. The number of nitro groups is 2. The highest BCUT2D eigenvalue weighted by molar-refractivity contribution is 5.73. The summed E-state index contributed by atoms with van der Waals surface area (Å²) in [6.45, 7) is 2.96. The number of nitrogens with zero attached hydrogens (tertiary/aromatic N) is 5. The van der Waals surface area contributed by atoms with Crippen LogP contribution in [0.25, 0.3) is 0 Å². The molecule has 1 aromatic rings. The van der Waals surface area contributed by atoms with E-state index in [4.69, 9.17) is 5.53 Å². The van der Waals surface area contributed by atoms with Crippen LogP contribution in [0.4, 0.5) is 17.1 Å². The molecule has 0 radical (unpaired) electrons. The van der Waals surface area contributed by atoms with Crippen LogP contribution in [0.15, 0.2) is 18.2 Å². The first-order valence-corrected chi connectivity index (χ1v) is 6.76. The van der Waals surface area contributed by atoms with E-state index in [0.717, 1.165) is 16.9 Å². The largest absolute Gasteiger partial charge is 0.352 e. The molecule has 0 saturated carbocycles. The molecule has 0 unspecified atom stereocenters. The van der Waals surface area contributed by atoms with Gasteiger partial charge in [0.05, 0.1) is 22.9 Å². The van der Waals surface area contributed by atoms with E-state index in [9.17, 15) is 25.0 Å². The van der Waals surface area contributed by atoms with E-state index in [2.05, 4.69) is 0 Å². The molecule has 0 spiro atoms. The minimum absolute atomic E-state index is 0.0584. The van der Waals surface area contributed by atoms with Gasteiger partial charge in [0.15, 0.2) is 0 Å². The molecule has 1 aliphatic rings. The van der Waals surface area contributed by atoms with Crippen LogP contribution >= 0.6 is 0 Å². The second-order valence-corrected chi connectivity index (χ2v) is 4.96. The molecule has 1 aromatic carbocycles. The number of hydrazine groups is 1. The molecule has 0 aliphatic carbocycles. The maximum atomic E-state index is 11.3. The van der Waals surface area contributed by atoms with Crippen LogP contribution in [0.2, 0.25) is 0 Å². The summed E-state index contributed by atoms with van der Waals surface area (Å²) in [4.78, 5) is 34.1. The second-order valence-electron chi connectivity index (χ2n) is 4.96. The number of non-ortho nitro benzene ring substituents is 1. The van der Waals surface area contributed by atoms with E-state index in [1.54, 1.807) is 4.90 Å². The Hall–Kier alpha value is -3.11. The molecule has 1 fully saturated rings. The van der Waals surface area contributed by atoms with Gasteiger partial charge in [-0.25, -0.2) is 0 Å². The van der Waals surface area contributed by atoms with Crippen LogP contribution in [0, 0.1) is 25.8 Å². The van der Waals surface area contributed by atoms with Crippen LogP contribution < -0.4 is 0 Å². The number of benzene rings is 1. The summed E-state index contributed by atoms with van der Waals surface area (Å²) in [5, 5.41) is 23.4. The normalized spacial score (nSPS) is 14.5. The zero-order chi connectivity index (χ0) is 17.1. The Kier molecular flexibility index (Phi) is 4.48. The van der Waals surface area contributed by atoms with Crippen LogP contribution in [-0.2, 0) is 4.79 Å². The predicted octanol–water partition coefficient (Wildman–Crippen LogP) is 1.26. The molecule has 2 rings (SSSR count). The number of hydrogen-bond donors (Lipinski definition) is 1. The van der Waals surface area contributed by atoms with Crippen molar-refractivity contribution in [2.45, 2.75) is 6.92 Å².